The van der Waals surface area contributed by atoms with Gasteiger partial charge in [0.25, 0.3) is 0 Å². The van der Waals surface area contributed by atoms with E-state index in [4.69, 9.17) is 22.1 Å². The number of nitrogen functional groups attached to an aromatic ring is 1. The molecule has 5 nitrogen and oxygen atoms in total. The highest BCUT2D eigenvalue weighted by Crippen LogP contribution is 2.23. The second-order valence-electron chi connectivity index (χ2n) is 4.51. The van der Waals surface area contributed by atoms with Gasteiger partial charge in [-0.2, -0.15) is 0 Å². The molecule has 0 radical (unpaired) electrons. The molecule has 0 aliphatic rings. The highest BCUT2D eigenvalue weighted by Gasteiger charge is 2.13. The van der Waals surface area contributed by atoms with Gasteiger partial charge in [-0.1, -0.05) is 11.6 Å². The summed E-state index contributed by atoms with van der Waals surface area (Å²) in [5.74, 6) is -0.128. The molecule has 1 atom stereocenters. The quantitative estimate of drug-likeness (QED) is 0.783. The van der Waals surface area contributed by atoms with Gasteiger partial charge >= 0.3 is 0 Å². The minimum absolute atomic E-state index is 0.128. The third-order valence-electron chi connectivity index (χ3n) is 2.82. The predicted octanol–water partition coefficient (Wildman–Crippen LogP) is 1.83. The molecule has 1 aromatic rings. The van der Waals surface area contributed by atoms with Gasteiger partial charge in [0, 0.05) is 18.8 Å². The van der Waals surface area contributed by atoms with Crippen LogP contribution in [-0.2, 0) is 9.53 Å². The number of nitrogens with two attached hydrogens (primary N) is 1. The van der Waals surface area contributed by atoms with Crippen LogP contribution in [0.3, 0.4) is 0 Å². The number of likely N-dealkylation sites (N-methyl/N-ethyl adjacent to an activating group) is 1. The minimum atomic E-state index is -0.128. The van der Waals surface area contributed by atoms with E-state index >= 15 is 0 Å². The smallest absolute Gasteiger partial charge is 0.238 e. The number of nitrogens with zero attached hydrogens (tertiary/aromatic N) is 1. The molecule has 0 bridgehead atoms. The molecular weight excluding hydrogens is 266 g/mol. The van der Waals surface area contributed by atoms with Crippen LogP contribution in [0.2, 0.25) is 5.02 Å². The fourth-order valence-electron chi connectivity index (χ4n) is 1.57. The Morgan fingerprint density at radius 3 is 2.84 bits per heavy atom. The van der Waals surface area contributed by atoms with Crippen LogP contribution in [0.15, 0.2) is 18.2 Å². The van der Waals surface area contributed by atoms with E-state index in [1.54, 1.807) is 25.3 Å². The molecular formula is C13H20ClN3O2. The van der Waals surface area contributed by atoms with Crippen LogP contribution in [0, 0.1) is 0 Å². The summed E-state index contributed by atoms with van der Waals surface area (Å²) in [7, 11) is 3.51. The van der Waals surface area contributed by atoms with Crippen LogP contribution in [0.5, 0.6) is 0 Å². The normalized spacial score (nSPS) is 12.5. The molecule has 0 saturated carbocycles. The zero-order valence-corrected chi connectivity index (χ0v) is 12.2. The number of ether oxygens (including phenoxy) is 1. The molecule has 1 unspecified atom stereocenters. The first-order valence-electron chi connectivity index (χ1n) is 5.98. The lowest BCUT2D eigenvalue weighted by Crippen LogP contribution is -2.38. The topological polar surface area (TPSA) is 67.6 Å². The standard InChI is InChI=1S/C13H20ClN3O2/c1-9(8-19-3)17(2)7-13(18)16-12-5-4-10(15)6-11(12)14/h4-6,9H,7-8,15H2,1-3H3,(H,16,18). The average molecular weight is 286 g/mol. The first-order chi connectivity index (χ1) is 8.93. The average Bonchev–Trinajstić information content (AvgIpc) is 2.33. The zero-order chi connectivity index (χ0) is 14.4. The molecule has 0 heterocycles. The summed E-state index contributed by atoms with van der Waals surface area (Å²) in [6.07, 6.45) is 0. The first kappa shape index (κ1) is 15.8. The van der Waals surface area contributed by atoms with Gasteiger partial charge < -0.3 is 15.8 Å². The van der Waals surface area contributed by atoms with Crippen molar-refractivity contribution in [2.75, 3.05) is 38.4 Å². The van der Waals surface area contributed by atoms with Crippen LogP contribution >= 0.6 is 11.6 Å². The van der Waals surface area contributed by atoms with Gasteiger partial charge in [-0.15, -0.1) is 0 Å². The largest absolute Gasteiger partial charge is 0.399 e. The van der Waals surface area contributed by atoms with E-state index < -0.39 is 0 Å². The number of amides is 1. The Hall–Kier alpha value is -1.30. The summed E-state index contributed by atoms with van der Waals surface area (Å²) in [5.41, 5.74) is 6.72. The van der Waals surface area contributed by atoms with Crippen LogP contribution in [0.25, 0.3) is 0 Å². The maximum absolute atomic E-state index is 11.9. The molecule has 6 heteroatoms. The van der Waals surface area contributed by atoms with Gasteiger partial charge in [0.2, 0.25) is 5.91 Å². The lowest BCUT2D eigenvalue weighted by atomic mass is 10.2. The Morgan fingerprint density at radius 2 is 2.26 bits per heavy atom. The Labute approximate surface area is 118 Å². The number of benzene rings is 1. The molecule has 0 aliphatic heterocycles. The van der Waals surface area contributed by atoms with Gasteiger partial charge in [0.1, 0.15) is 0 Å². The van der Waals surface area contributed by atoms with E-state index in [1.165, 1.54) is 0 Å². The highest BCUT2D eigenvalue weighted by molar-refractivity contribution is 6.34. The monoisotopic (exact) mass is 285 g/mol. The number of rotatable bonds is 6. The predicted molar refractivity (Wildman–Crippen MR) is 78.5 cm³/mol. The Kier molecular flexibility index (Phi) is 6.08. The van der Waals surface area contributed by atoms with Gasteiger partial charge in [0.15, 0.2) is 0 Å². The first-order valence-corrected chi connectivity index (χ1v) is 6.36. The Balaban J connectivity index is 2.55. The maximum Gasteiger partial charge on any atom is 0.238 e. The fraction of sp³-hybridized carbons (Fsp3) is 0.462. The summed E-state index contributed by atoms with van der Waals surface area (Å²) < 4.78 is 5.05. The van der Waals surface area contributed by atoms with Crippen LogP contribution in [0.1, 0.15) is 6.92 Å². The van der Waals surface area contributed by atoms with Crippen molar-refractivity contribution in [1.82, 2.24) is 4.90 Å². The third-order valence-corrected chi connectivity index (χ3v) is 3.13. The van der Waals surface area contributed by atoms with Crippen LogP contribution in [-0.4, -0.2) is 44.2 Å². The Bertz CT molecular complexity index is 440. The summed E-state index contributed by atoms with van der Waals surface area (Å²) in [5, 5.41) is 3.19. The molecule has 19 heavy (non-hydrogen) atoms. The van der Waals surface area contributed by atoms with Gasteiger partial charge in [-0.25, -0.2) is 0 Å². The molecule has 3 N–H and O–H groups in total. The number of hydrogen-bond acceptors (Lipinski definition) is 4. The fourth-order valence-corrected chi connectivity index (χ4v) is 1.81. The van der Waals surface area contributed by atoms with Crippen LogP contribution in [0.4, 0.5) is 11.4 Å². The minimum Gasteiger partial charge on any atom is -0.399 e. The lowest BCUT2D eigenvalue weighted by Gasteiger charge is -2.23. The SMILES string of the molecule is COCC(C)N(C)CC(=O)Nc1ccc(N)cc1Cl. The van der Waals surface area contributed by atoms with E-state index in [1.807, 2.05) is 18.9 Å². The van der Waals surface area contributed by atoms with Gasteiger partial charge in [0.05, 0.1) is 23.9 Å². The zero-order valence-electron chi connectivity index (χ0n) is 11.4. The molecule has 0 aliphatic carbocycles. The summed E-state index contributed by atoms with van der Waals surface area (Å²) in [6.45, 7) is 2.84. The molecule has 0 saturated heterocycles. The number of methoxy groups -OCH3 is 1. The van der Waals surface area contributed by atoms with Crippen molar-refractivity contribution in [1.29, 1.82) is 0 Å². The van der Waals surface area contributed by atoms with E-state index in [0.717, 1.165) is 0 Å². The number of anilines is 2. The van der Waals surface area contributed by atoms with E-state index in [2.05, 4.69) is 5.32 Å². The van der Waals surface area contributed by atoms with Crippen molar-refractivity contribution in [2.45, 2.75) is 13.0 Å². The third kappa shape index (κ3) is 5.06. The molecule has 1 aromatic carbocycles. The highest BCUT2D eigenvalue weighted by atomic mass is 35.5. The molecule has 1 amide bonds. The second kappa shape index (κ2) is 7.33. The molecule has 0 fully saturated rings. The number of carbonyl (C=O) groups is 1. The summed E-state index contributed by atoms with van der Waals surface area (Å²) in [4.78, 5) is 13.8. The number of nitrogens with one attached hydrogen (secondary N) is 1. The lowest BCUT2D eigenvalue weighted by molar-refractivity contribution is -0.117. The van der Waals surface area contributed by atoms with Crippen molar-refractivity contribution in [3.8, 4) is 0 Å². The van der Waals surface area contributed by atoms with Crippen molar-refractivity contribution in [2.24, 2.45) is 0 Å². The number of hydrogen-bond donors (Lipinski definition) is 2. The van der Waals surface area contributed by atoms with Crippen molar-refractivity contribution in [3.63, 3.8) is 0 Å². The number of carbonyl (C=O) groups excluding carboxylic acids is 1. The van der Waals surface area contributed by atoms with E-state index in [0.29, 0.717) is 23.0 Å². The maximum atomic E-state index is 11.9. The molecule has 106 valence electrons. The van der Waals surface area contributed by atoms with E-state index in [-0.39, 0.29) is 18.5 Å². The molecule has 1 rings (SSSR count). The number of halogens is 1. The van der Waals surface area contributed by atoms with Crippen LogP contribution < -0.4 is 11.1 Å². The molecule has 0 spiro atoms. The van der Waals surface area contributed by atoms with Gasteiger partial charge in [-0.05, 0) is 32.2 Å². The second-order valence-corrected chi connectivity index (χ2v) is 4.91. The van der Waals surface area contributed by atoms with Crippen molar-refractivity contribution >= 4 is 28.9 Å². The molecule has 0 aromatic heterocycles. The van der Waals surface area contributed by atoms with E-state index in [9.17, 15) is 4.79 Å². The summed E-state index contributed by atoms with van der Waals surface area (Å²) in [6, 6.07) is 5.15. The Morgan fingerprint density at radius 1 is 1.58 bits per heavy atom. The van der Waals surface area contributed by atoms with Gasteiger partial charge in [-0.3, -0.25) is 9.69 Å². The van der Waals surface area contributed by atoms with Crippen molar-refractivity contribution in [3.05, 3.63) is 23.2 Å². The summed E-state index contributed by atoms with van der Waals surface area (Å²) >= 11 is 5.99. The van der Waals surface area contributed by atoms with Crippen molar-refractivity contribution < 1.29 is 9.53 Å².